The molecule has 100 valence electrons. The Morgan fingerprint density at radius 3 is 2.06 bits per heavy atom. The van der Waals surface area contributed by atoms with Crippen molar-refractivity contribution in [3.8, 4) is 12.4 Å². The fraction of sp³-hybridized carbons (Fsp3) is 0.857. The largest absolute Gasteiger partial charge is 0.330 e. The number of rotatable bonds is 3. The minimum atomic E-state index is -0.362. The summed E-state index contributed by atoms with van der Waals surface area (Å²) in [6.07, 6.45) is 7.62. The first-order chi connectivity index (χ1) is 8.26. The van der Waals surface area contributed by atoms with Crippen molar-refractivity contribution in [3.63, 3.8) is 0 Å². The third-order valence-corrected chi connectivity index (χ3v) is 4.29. The molecule has 4 heteroatoms. The summed E-state index contributed by atoms with van der Waals surface area (Å²) >= 11 is 0. The van der Waals surface area contributed by atoms with Crippen LogP contribution in [0.25, 0.3) is 0 Å². The van der Waals surface area contributed by atoms with Crippen LogP contribution in [0.5, 0.6) is 0 Å². The van der Waals surface area contributed by atoms with Crippen molar-refractivity contribution in [2.75, 3.05) is 6.54 Å². The zero-order chi connectivity index (χ0) is 14.0. The van der Waals surface area contributed by atoms with E-state index in [-0.39, 0.29) is 16.4 Å². The van der Waals surface area contributed by atoms with Gasteiger partial charge in [-0.05, 0) is 43.1 Å². The third kappa shape index (κ3) is 2.60. The van der Waals surface area contributed by atoms with E-state index in [1.54, 1.807) is 0 Å². The molecule has 0 aromatic heterocycles. The van der Waals surface area contributed by atoms with Gasteiger partial charge in [0.25, 0.3) is 0 Å². The number of hydrogen-bond donors (Lipinski definition) is 1. The molecule has 18 heavy (non-hydrogen) atoms. The summed E-state index contributed by atoms with van der Waals surface area (Å²) in [7, 11) is 0. The van der Waals surface area contributed by atoms with Crippen molar-refractivity contribution in [3.05, 3.63) is 0 Å². The van der Waals surface area contributed by atoms with Gasteiger partial charge in [0.1, 0.15) is 0 Å². The molecule has 0 aliphatic heterocycles. The summed E-state index contributed by atoms with van der Waals surface area (Å²) in [4.78, 5) is 1.29. The zero-order valence-corrected chi connectivity index (χ0v) is 12.0. The number of nitrogens with two attached hydrogens (primary N) is 1. The smallest absolute Gasteiger partial charge is 0.194 e. The van der Waals surface area contributed by atoms with Gasteiger partial charge in [0.15, 0.2) is 12.4 Å². The standard InChI is InChI=1S/C14H24N4/c1-5-14(18(10-16)11-17)7-12(2,3)6-13(4,8-14)9-15/h5-9,15H2,1-4H3. The summed E-state index contributed by atoms with van der Waals surface area (Å²) in [6, 6.07) is 0. The quantitative estimate of drug-likeness (QED) is 0.615. The molecule has 4 nitrogen and oxygen atoms in total. The lowest BCUT2D eigenvalue weighted by Gasteiger charge is -2.53. The van der Waals surface area contributed by atoms with Crippen LogP contribution in [0.1, 0.15) is 53.4 Å². The summed E-state index contributed by atoms with van der Waals surface area (Å²) in [5.41, 5.74) is 5.68. The SMILES string of the molecule is CCC1(N(C#N)C#N)CC(C)(C)CC(C)(CN)C1. The average molecular weight is 248 g/mol. The van der Waals surface area contributed by atoms with Gasteiger partial charge in [-0.1, -0.05) is 27.7 Å². The molecule has 0 radical (unpaired) electrons. The zero-order valence-electron chi connectivity index (χ0n) is 12.0. The molecule has 1 aliphatic carbocycles. The third-order valence-electron chi connectivity index (χ3n) is 4.29. The van der Waals surface area contributed by atoms with E-state index in [4.69, 9.17) is 5.73 Å². The van der Waals surface area contributed by atoms with E-state index in [2.05, 4.69) is 27.7 Å². The first-order valence-corrected chi connectivity index (χ1v) is 6.56. The normalized spacial score (nSPS) is 34.4. The van der Waals surface area contributed by atoms with Gasteiger partial charge < -0.3 is 5.73 Å². The van der Waals surface area contributed by atoms with Gasteiger partial charge in [0.2, 0.25) is 0 Å². The fourth-order valence-corrected chi connectivity index (χ4v) is 3.97. The molecule has 0 saturated heterocycles. The predicted octanol–water partition coefficient (Wildman–Crippen LogP) is 2.57. The van der Waals surface area contributed by atoms with Crippen LogP contribution in [0.2, 0.25) is 0 Å². The number of nitriles is 2. The molecule has 0 heterocycles. The monoisotopic (exact) mass is 248 g/mol. The van der Waals surface area contributed by atoms with Crippen LogP contribution in [0.4, 0.5) is 0 Å². The Balaban J connectivity index is 3.20. The molecule has 1 rings (SSSR count). The summed E-state index contributed by atoms with van der Waals surface area (Å²) in [5, 5.41) is 18.4. The van der Waals surface area contributed by atoms with Crippen LogP contribution in [0, 0.1) is 33.7 Å². The molecule has 0 amide bonds. The van der Waals surface area contributed by atoms with Gasteiger partial charge in [-0.2, -0.15) is 10.5 Å². The molecule has 1 fully saturated rings. The highest BCUT2D eigenvalue weighted by Crippen LogP contribution is 2.52. The first-order valence-electron chi connectivity index (χ1n) is 6.56. The molecule has 0 aromatic rings. The Bertz CT molecular complexity index is 376. The van der Waals surface area contributed by atoms with E-state index in [0.717, 1.165) is 25.7 Å². The molecule has 2 N–H and O–H groups in total. The van der Waals surface area contributed by atoms with E-state index in [9.17, 15) is 10.5 Å². The van der Waals surface area contributed by atoms with Crippen LogP contribution >= 0.6 is 0 Å². The molecular formula is C14H24N4. The van der Waals surface area contributed by atoms with E-state index >= 15 is 0 Å². The van der Waals surface area contributed by atoms with Crippen molar-refractivity contribution >= 4 is 0 Å². The molecule has 0 aromatic carbocycles. The van der Waals surface area contributed by atoms with Crippen molar-refractivity contribution in [1.82, 2.24) is 4.90 Å². The van der Waals surface area contributed by atoms with Crippen LogP contribution < -0.4 is 5.73 Å². The van der Waals surface area contributed by atoms with E-state index < -0.39 is 0 Å². The Morgan fingerprint density at radius 1 is 1.11 bits per heavy atom. The van der Waals surface area contributed by atoms with Gasteiger partial charge in [0.05, 0.1) is 5.54 Å². The highest BCUT2D eigenvalue weighted by molar-refractivity contribution is 5.10. The lowest BCUT2D eigenvalue weighted by molar-refractivity contribution is -0.0109. The van der Waals surface area contributed by atoms with Crippen LogP contribution in [0.15, 0.2) is 0 Å². The molecule has 0 spiro atoms. The van der Waals surface area contributed by atoms with Crippen molar-refractivity contribution < 1.29 is 0 Å². The maximum absolute atomic E-state index is 9.21. The van der Waals surface area contributed by atoms with Gasteiger partial charge in [-0.3, -0.25) is 0 Å². The Labute approximate surface area is 110 Å². The molecule has 1 aliphatic rings. The molecule has 2 unspecified atom stereocenters. The van der Waals surface area contributed by atoms with Crippen molar-refractivity contribution in [1.29, 1.82) is 10.5 Å². The Morgan fingerprint density at radius 2 is 1.67 bits per heavy atom. The lowest BCUT2D eigenvalue weighted by Crippen LogP contribution is -2.55. The highest BCUT2D eigenvalue weighted by atomic mass is 15.2. The van der Waals surface area contributed by atoms with Gasteiger partial charge in [-0.25, -0.2) is 4.90 Å². The van der Waals surface area contributed by atoms with Crippen LogP contribution in [-0.2, 0) is 0 Å². The van der Waals surface area contributed by atoms with Crippen molar-refractivity contribution in [2.24, 2.45) is 16.6 Å². The molecule has 1 saturated carbocycles. The van der Waals surface area contributed by atoms with Gasteiger partial charge in [-0.15, -0.1) is 0 Å². The van der Waals surface area contributed by atoms with Gasteiger partial charge in [0, 0.05) is 0 Å². The number of hydrogen-bond acceptors (Lipinski definition) is 4. The average Bonchev–Trinajstić information content (AvgIpc) is 2.28. The Kier molecular flexibility index (Phi) is 3.93. The topological polar surface area (TPSA) is 76.8 Å². The van der Waals surface area contributed by atoms with Gasteiger partial charge >= 0.3 is 0 Å². The van der Waals surface area contributed by atoms with Crippen LogP contribution in [-0.4, -0.2) is 17.0 Å². The van der Waals surface area contributed by atoms with Crippen LogP contribution in [0.3, 0.4) is 0 Å². The minimum absolute atomic E-state index is 0.00368. The van der Waals surface area contributed by atoms with E-state index in [1.807, 2.05) is 12.4 Å². The highest BCUT2D eigenvalue weighted by Gasteiger charge is 2.51. The van der Waals surface area contributed by atoms with E-state index in [0.29, 0.717) is 6.54 Å². The van der Waals surface area contributed by atoms with E-state index in [1.165, 1.54) is 4.90 Å². The maximum atomic E-state index is 9.21. The Hall–Kier alpha value is -1.26. The first kappa shape index (κ1) is 14.8. The fourth-order valence-electron chi connectivity index (χ4n) is 3.97. The number of nitrogens with zero attached hydrogens (tertiary/aromatic N) is 3. The summed E-state index contributed by atoms with van der Waals surface area (Å²) in [5.74, 6) is 0. The molecule has 2 atom stereocenters. The van der Waals surface area contributed by atoms with Crippen molar-refractivity contribution in [2.45, 2.75) is 58.9 Å². The molecular weight excluding hydrogens is 224 g/mol. The minimum Gasteiger partial charge on any atom is -0.330 e. The second-order valence-electron chi connectivity index (χ2n) is 6.82. The lowest BCUT2D eigenvalue weighted by atomic mass is 9.56. The second kappa shape index (κ2) is 4.78. The maximum Gasteiger partial charge on any atom is 0.194 e. The summed E-state index contributed by atoms with van der Waals surface area (Å²) < 4.78 is 0. The summed E-state index contributed by atoms with van der Waals surface area (Å²) in [6.45, 7) is 9.24. The predicted molar refractivity (Wildman–Crippen MR) is 70.9 cm³/mol. The molecule has 0 bridgehead atoms. The second-order valence-corrected chi connectivity index (χ2v) is 6.82.